The quantitative estimate of drug-likeness (QED) is 0.610. The highest BCUT2D eigenvalue weighted by molar-refractivity contribution is 7.99. The summed E-state index contributed by atoms with van der Waals surface area (Å²) < 4.78 is 0. The number of rotatable bonds is 6. The molecule has 1 unspecified atom stereocenters. The van der Waals surface area contributed by atoms with Crippen molar-refractivity contribution in [3.05, 3.63) is 41.4 Å². The molecule has 1 nitrogen and oxygen atoms in total. The van der Waals surface area contributed by atoms with E-state index >= 15 is 0 Å². The van der Waals surface area contributed by atoms with Crippen LogP contribution < -0.4 is 5.32 Å². The molecular formula is C13H18ClNS. The lowest BCUT2D eigenvalue weighted by molar-refractivity contribution is 0.642. The van der Waals surface area contributed by atoms with Crippen LogP contribution in [0.4, 0.5) is 0 Å². The van der Waals surface area contributed by atoms with Crippen molar-refractivity contribution < 1.29 is 0 Å². The highest BCUT2D eigenvalue weighted by atomic mass is 35.5. The minimum absolute atomic E-state index is 0.353. The molecule has 1 rings (SSSR count). The van der Waals surface area contributed by atoms with E-state index in [4.69, 9.17) is 11.6 Å². The largest absolute Gasteiger partial charge is 0.310 e. The predicted octanol–water partition coefficient (Wildman–Crippen LogP) is 3.99. The van der Waals surface area contributed by atoms with Gasteiger partial charge in [-0.05, 0) is 25.6 Å². The summed E-state index contributed by atoms with van der Waals surface area (Å²) in [7, 11) is 0. The van der Waals surface area contributed by atoms with E-state index in [0.717, 1.165) is 22.2 Å². The monoisotopic (exact) mass is 255 g/mol. The van der Waals surface area contributed by atoms with Gasteiger partial charge in [0.1, 0.15) is 0 Å². The smallest absolute Gasteiger partial charge is 0.0541 e. The summed E-state index contributed by atoms with van der Waals surface area (Å²) in [6, 6.07) is 8.29. The van der Waals surface area contributed by atoms with Crippen LogP contribution >= 0.6 is 23.4 Å². The first-order valence-electron chi connectivity index (χ1n) is 5.41. The normalized spacial score (nSPS) is 12.4. The second-order valence-electron chi connectivity index (χ2n) is 3.70. The van der Waals surface area contributed by atoms with Crippen LogP contribution in [0.2, 0.25) is 5.02 Å². The Bertz CT molecular complexity index is 352. The molecule has 1 atom stereocenters. The average Bonchev–Trinajstić information content (AvgIpc) is 2.26. The summed E-state index contributed by atoms with van der Waals surface area (Å²) in [6.45, 7) is 9.12. The fourth-order valence-corrected chi connectivity index (χ4v) is 2.79. The molecule has 88 valence electrons. The lowest BCUT2D eigenvalue weighted by Crippen LogP contribution is -2.31. The third-order valence-corrected chi connectivity index (χ3v) is 3.90. The van der Waals surface area contributed by atoms with Gasteiger partial charge < -0.3 is 5.32 Å². The zero-order valence-electron chi connectivity index (χ0n) is 9.79. The summed E-state index contributed by atoms with van der Waals surface area (Å²) >= 11 is 7.87. The van der Waals surface area contributed by atoms with Crippen LogP contribution in [0.1, 0.15) is 13.8 Å². The summed E-state index contributed by atoms with van der Waals surface area (Å²) in [5, 5.41) is 4.23. The lowest BCUT2D eigenvalue weighted by Gasteiger charge is -2.17. The molecule has 0 bridgehead atoms. The number of hydrogen-bond donors (Lipinski definition) is 1. The molecule has 0 aliphatic carbocycles. The van der Waals surface area contributed by atoms with Crippen LogP contribution in [-0.2, 0) is 0 Å². The van der Waals surface area contributed by atoms with Crippen molar-refractivity contribution in [3.8, 4) is 0 Å². The molecule has 0 heterocycles. The molecular weight excluding hydrogens is 238 g/mol. The van der Waals surface area contributed by atoms with Crippen LogP contribution in [0, 0.1) is 0 Å². The van der Waals surface area contributed by atoms with Crippen molar-refractivity contribution in [2.24, 2.45) is 0 Å². The van der Waals surface area contributed by atoms with Crippen LogP contribution in [0.3, 0.4) is 0 Å². The van der Waals surface area contributed by atoms with Gasteiger partial charge in [-0.2, -0.15) is 0 Å². The Balaban J connectivity index is 2.55. The van der Waals surface area contributed by atoms with E-state index in [1.54, 1.807) is 11.8 Å². The van der Waals surface area contributed by atoms with Crippen LogP contribution in [0.15, 0.2) is 41.3 Å². The van der Waals surface area contributed by atoms with Gasteiger partial charge >= 0.3 is 0 Å². The molecule has 0 aliphatic rings. The third-order valence-electron chi connectivity index (χ3n) is 2.29. The van der Waals surface area contributed by atoms with Crippen LogP contribution in [0.5, 0.6) is 0 Å². The average molecular weight is 256 g/mol. The fourth-order valence-electron chi connectivity index (χ4n) is 1.36. The molecule has 0 saturated heterocycles. The number of halogens is 1. The van der Waals surface area contributed by atoms with Gasteiger partial charge in [0.2, 0.25) is 0 Å². The maximum absolute atomic E-state index is 6.10. The topological polar surface area (TPSA) is 12.0 Å². The van der Waals surface area contributed by atoms with Gasteiger partial charge in [0, 0.05) is 16.7 Å². The van der Waals surface area contributed by atoms with Gasteiger partial charge in [-0.15, -0.1) is 11.8 Å². The number of nitrogens with one attached hydrogen (secondary N) is 1. The number of likely N-dealkylation sites (N-methyl/N-ethyl adjacent to an activating group) is 1. The Morgan fingerprint density at radius 3 is 2.75 bits per heavy atom. The van der Waals surface area contributed by atoms with E-state index in [1.165, 1.54) is 5.57 Å². The second kappa shape index (κ2) is 7.00. The third kappa shape index (κ3) is 4.20. The Morgan fingerprint density at radius 2 is 2.19 bits per heavy atom. The second-order valence-corrected chi connectivity index (χ2v) is 5.17. The SMILES string of the molecule is C=C(C)C(CSc1ccccc1Cl)NCC. The Kier molecular flexibility index (Phi) is 5.96. The molecule has 0 saturated carbocycles. The Hall–Kier alpha value is -0.440. The molecule has 0 aromatic heterocycles. The van der Waals surface area contributed by atoms with Gasteiger partial charge in [-0.25, -0.2) is 0 Å². The van der Waals surface area contributed by atoms with Crippen molar-refractivity contribution >= 4 is 23.4 Å². The van der Waals surface area contributed by atoms with E-state index < -0.39 is 0 Å². The molecule has 0 amide bonds. The zero-order valence-corrected chi connectivity index (χ0v) is 11.4. The summed E-state index contributed by atoms with van der Waals surface area (Å²) in [4.78, 5) is 1.13. The molecule has 0 spiro atoms. The molecule has 16 heavy (non-hydrogen) atoms. The van der Waals surface area contributed by atoms with E-state index in [9.17, 15) is 0 Å². The van der Waals surface area contributed by atoms with Gasteiger partial charge in [-0.3, -0.25) is 0 Å². The van der Waals surface area contributed by atoms with E-state index in [0.29, 0.717) is 6.04 Å². The molecule has 3 heteroatoms. The van der Waals surface area contributed by atoms with Crippen molar-refractivity contribution in [3.63, 3.8) is 0 Å². The molecule has 1 aromatic rings. The van der Waals surface area contributed by atoms with Crippen molar-refractivity contribution in [2.75, 3.05) is 12.3 Å². The summed E-state index contributed by atoms with van der Waals surface area (Å²) in [5.74, 6) is 0.965. The van der Waals surface area contributed by atoms with E-state index in [1.807, 2.05) is 18.2 Å². The minimum Gasteiger partial charge on any atom is -0.310 e. The lowest BCUT2D eigenvalue weighted by atomic mass is 10.2. The molecule has 1 N–H and O–H groups in total. The highest BCUT2D eigenvalue weighted by Crippen LogP contribution is 2.27. The van der Waals surface area contributed by atoms with Gasteiger partial charge in [0.25, 0.3) is 0 Å². The maximum atomic E-state index is 6.10. The van der Waals surface area contributed by atoms with Gasteiger partial charge in [0.15, 0.2) is 0 Å². The first-order valence-corrected chi connectivity index (χ1v) is 6.77. The number of hydrogen-bond acceptors (Lipinski definition) is 2. The molecule has 1 aromatic carbocycles. The van der Waals surface area contributed by atoms with Gasteiger partial charge in [-0.1, -0.05) is 42.8 Å². The van der Waals surface area contributed by atoms with Crippen molar-refractivity contribution in [1.29, 1.82) is 0 Å². The van der Waals surface area contributed by atoms with Crippen LogP contribution in [0.25, 0.3) is 0 Å². The Morgan fingerprint density at radius 1 is 1.50 bits per heavy atom. The van der Waals surface area contributed by atoms with E-state index in [-0.39, 0.29) is 0 Å². The first kappa shape index (κ1) is 13.6. The summed E-state index contributed by atoms with van der Waals surface area (Å²) in [6.07, 6.45) is 0. The van der Waals surface area contributed by atoms with Gasteiger partial charge in [0.05, 0.1) is 5.02 Å². The predicted molar refractivity (Wildman–Crippen MR) is 74.5 cm³/mol. The van der Waals surface area contributed by atoms with Crippen molar-refractivity contribution in [2.45, 2.75) is 24.8 Å². The molecule has 0 radical (unpaired) electrons. The zero-order chi connectivity index (χ0) is 12.0. The molecule has 0 fully saturated rings. The first-order chi connectivity index (χ1) is 7.65. The fraction of sp³-hybridized carbons (Fsp3) is 0.385. The standard InChI is InChI=1S/C13H18ClNS/c1-4-15-12(10(2)3)9-16-13-8-6-5-7-11(13)14/h5-8,12,15H,2,4,9H2,1,3H3. The number of thioether (sulfide) groups is 1. The Labute approximate surface area is 107 Å². The molecule has 0 aliphatic heterocycles. The maximum Gasteiger partial charge on any atom is 0.0541 e. The van der Waals surface area contributed by atoms with E-state index in [2.05, 4.69) is 31.8 Å². The van der Waals surface area contributed by atoms with Crippen molar-refractivity contribution in [1.82, 2.24) is 5.32 Å². The van der Waals surface area contributed by atoms with Crippen LogP contribution in [-0.4, -0.2) is 18.3 Å². The minimum atomic E-state index is 0.353. The highest BCUT2D eigenvalue weighted by Gasteiger charge is 2.09. The number of benzene rings is 1. The summed E-state index contributed by atoms with van der Waals surface area (Å²) in [5.41, 5.74) is 1.17.